The summed E-state index contributed by atoms with van der Waals surface area (Å²) in [6.07, 6.45) is 0.311. The normalized spacial score (nSPS) is 12.1. The van der Waals surface area contributed by atoms with Crippen molar-refractivity contribution in [2.24, 2.45) is 0 Å². The number of esters is 1. The van der Waals surface area contributed by atoms with Crippen molar-refractivity contribution in [1.29, 1.82) is 0 Å². The first-order chi connectivity index (χ1) is 9.69. The highest BCUT2D eigenvalue weighted by atomic mass is 79.9. The molecule has 2 heterocycles. The maximum absolute atomic E-state index is 11.5. The molecular formula is C14H15BrN2O2S. The summed E-state index contributed by atoms with van der Waals surface area (Å²) in [5.41, 5.74) is 0.922. The largest absolute Gasteiger partial charge is 0.469 e. The number of ether oxygens (including phenoxy) is 1. The molecule has 0 radical (unpaired) electrons. The predicted octanol–water partition coefficient (Wildman–Crippen LogP) is 3.30. The average molecular weight is 355 g/mol. The number of methoxy groups -OCH3 is 1. The fourth-order valence-corrected chi connectivity index (χ4v) is 2.97. The van der Waals surface area contributed by atoms with Gasteiger partial charge in [-0.3, -0.25) is 4.79 Å². The Labute approximate surface area is 130 Å². The van der Waals surface area contributed by atoms with Crippen LogP contribution in [0.3, 0.4) is 0 Å². The highest BCUT2D eigenvalue weighted by Crippen LogP contribution is 2.23. The molecule has 0 saturated heterocycles. The van der Waals surface area contributed by atoms with Gasteiger partial charge in [-0.15, -0.1) is 11.3 Å². The number of hydrogen-bond donors (Lipinski definition) is 1. The van der Waals surface area contributed by atoms with Crippen LogP contribution in [0.2, 0.25) is 0 Å². The maximum atomic E-state index is 11.5. The number of nitrogens with zero attached hydrogens (tertiary/aromatic N) is 1. The number of halogens is 1. The molecule has 0 aromatic carbocycles. The third kappa shape index (κ3) is 4.40. The smallest absolute Gasteiger partial charge is 0.307 e. The second kappa shape index (κ2) is 7.52. The van der Waals surface area contributed by atoms with Gasteiger partial charge < -0.3 is 10.1 Å². The Morgan fingerprint density at radius 2 is 2.30 bits per heavy atom. The number of thiophene rings is 1. The fraction of sp³-hybridized carbons (Fsp3) is 0.286. The molecule has 2 rings (SSSR count). The van der Waals surface area contributed by atoms with Gasteiger partial charge in [0.15, 0.2) is 0 Å². The van der Waals surface area contributed by atoms with Crippen molar-refractivity contribution >= 4 is 33.2 Å². The Bertz CT molecular complexity index is 560. The van der Waals surface area contributed by atoms with Crippen LogP contribution in [-0.2, 0) is 16.1 Å². The summed E-state index contributed by atoms with van der Waals surface area (Å²) >= 11 is 4.97. The molecule has 0 saturated carbocycles. The van der Waals surface area contributed by atoms with Gasteiger partial charge in [-0.1, -0.05) is 12.1 Å². The van der Waals surface area contributed by atoms with Gasteiger partial charge in [0.2, 0.25) is 0 Å². The highest BCUT2D eigenvalue weighted by molar-refractivity contribution is 9.10. The molecule has 1 N–H and O–H groups in total. The zero-order valence-corrected chi connectivity index (χ0v) is 13.4. The Kier molecular flexibility index (Phi) is 5.70. The molecule has 0 bridgehead atoms. The number of aromatic nitrogens is 1. The third-order valence-corrected chi connectivity index (χ3v) is 4.22. The quantitative estimate of drug-likeness (QED) is 0.638. The number of carbonyl (C=O) groups excluding carboxylic acids is 1. The fourth-order valence-electron chi connectivity index (χ4n) is 1.79. The zero-order valence-electron chi connectivity index (χ0n) is 11.0. The minimum atomic E-state index is -0.224. The van der Waals surface area contributed by atoms with Crippen LogP contribution in [0.4, 0.5) is 0 Å². The van der Waals surface area contributed by atoms with Gasteiger partial charge in [-0.25, -0.2) is 4.98 Å². The lowest BCUT2D eigenvalue weighted by Gasteiger charge is -2.16. The first kappa shape index (κ1) is 15.2. The number of hydrogen-bond acceptors (Lipinski definition) is 5. The minimum Gasteiger partial charge on any atom is -0.469 e. The van der Waals surface area contributed by atoms with Gasteiger partial charge in [-0.2, -0.15) is 0 Å². The van der Waals surface area contributed by atoms with E-state index in [2.05, 4.69) is 26.2 Å². The lowest BCUT2D eigenvalue weighted by molar-refractivity contribution is -0.141. The summed E-state index contributed by atoms with van der Waals surface area (Å²) in [7, 11) is 1.41. The summed E-state index contributed by atoms with van der Waals surface area (Å²) in [5, 5.41) is 5.36. The summed E-state index contributed by atoms with van der Waals surface area (Å²) in [5.74, 6) is -0.224. The van der Waals surface area contributed by atoms with Gasteiger partial charge in [0.1, 0.15) is 4.60 Å². The second-order valence-electron chi connectivity index (χ2n) is 4.18. The molecule has 2 aromatic heterocycles. The van der Waals surface area contributed by atoms with Crippen molar-refractivity contribution in [3.05, 3.63) is 50.9 Å². The summed E-state index contributed by atoms with van der Waals surface area (Å²) in [6.45, 7) is 0.596. The second-order valence-corrected chi connectivity index (χ2v) is 5.97. The first-order valence-corrected chi connectivity index (χ1v) is 7.81. The van der Waals surface area contributed by atoms with Crippen molar-refractivity contribution < 1.29 is 9.53 Å². The van der Waals surface area contributed by atoms with Crippen LogP contribution < -0.4 is 5.32 Å². The van der Waals surface area contributed by atoms with Crippen LogP contribution in [0.5, 0.6) is 0 Å². The summed E-state index contributed by atoms with van der Waals surface area (Å²) < 4.78 is 5.56. The third-order valence-electron chi connectivity index (χ3n) is 2.79. The van der Waals surface area contributed by atoms with Crippen molar-refractivity contribution in [3.63, 3.8) is 0 Å². The average Bonchev–Trinajstić information content (AvgIpc) is 2.97. The van der Waals surface area contributed by atoms with E-state index < -0.39 is 0 Å². The predicted molar refractivity (Wildman–Crippen MR) is 82.5 cm³/mol. The monoisotopic (exact) mass is 354 g/mol. The Morgan fingerprint density at radius 3 is 2.95 bits per heavy atom. The Balaban J connectivity index is 2.02. The highest BCUT2D eigenvalue weighted by Gasteiger charge is 2.17. The van der Waals surface area contributed by atoms with Crippen LogP contribution in [-0.4, -0.2) is 18.1 Å². The van der Waals surface area contributed by atoms with Crippen LogP contribution in [0.15, 0.2) is 40.3 Å². The maximum Gasteiger partial charge on any atom is 0.307 e. The molecule has 1 unspecified atom stereocenters. The Hall–Kier alpha value is -1.24. The molecule has 1 atom stereocenters. The zero-order chi connectivity index (χ0) is 14.4. The van der Waals surface area contributed by atoms with Gasteiger partial charge in [0, 0.05) is 11.4 Å². The molecule has 106 valence electrons. The Morgan fingerprint density at radius 1 is 1.45 bits per heavy atom. The molecule has 0 fully saturated rings. The first-order valence-electron chi connectivity index (χ1n) is 6.14. The van der Waals surface area contributed by atoms with E-state index in [4.69, 9.17) is 4.74 Å². The van der Waals surface area contributed by atoms with Gasteiger partial charge in [-0.05, 0) is 39.5 Å². The molecule has 0 aliphatic carbocycles. The van der Waals surface area contributed by atoms with Crippen molar-refractivity contribution in [2.45, 2.75) is 19.0 Å². The van der Waals surface area contributed by atoms with Crippen molar-refractivity contribution in [3.8, 4) is 0 Å². The van der Waals surface area contributed by atoms with E-state index in [1.165, 1.54) is 7.11 Å². The van der Waals surface area contributed by atoms with E-state index in [0.717, 1.165) is 15.2 Å². The minimum absolute atomic E-state index is 0.0526. The lowest BCUT2D eigenvalue weighted by Crippen LogP contribution is -2.23. The van der Waals surface area contributed by atoms with Gasteiger partial charge >= 0.3 is 5.97 Å². The molecule has 6 heteroatoms. The van der Waals surface area contributed by atoms with Crippen LogP contribution in [0.1, 0.15) is 23.0 Å². The van der Waals surface area contributed by atoms with E-state index in [9.17, 15) is 4.79 Å². The molecule has 0 aliphatic heterocycles. The molecular weight excluding hydrogens is 340 g/mol. The molecule has 0 spiro atoms. The van der Waals surface area contributed by atoms with E-state index in [1.807, 2.05) is 35.7 Å². The standard InChI is InChI=1S/C14H15BrN2O2S/c1-19-14(18)8-11(12-5-3-7-20-12)16-9-10-4-2-6-13(15)17-10/h2-7,11,16H,8-9H2,1H3. The number of rotatable bonds is 6. The molecule has 0 aliphatic rings. The number of carbonyl (C=O) groups is 1. The summed E-state index contributed by atoms with van der Waals surface area (Å²) in [4.78, 5) is 17.0. The van der Waals surface area contributed by atoms with Crippen molar-refractivity contribution in [1.82, 2.24) is 10.3 Å². The van der Waals surface area contributed by atoms with Crippen LogP contribution >= 0.6 is 27.3 Å². The van der Waals surface area contributed by atoms with E-state index in [1.54, 1.807) is 11.3 Å². The van der Waals surface area contributed by atoms with E-state index in [-0.39, 0.29) is 12.0 Å². The van der Waals surface area contributed by atoms with Gasteiger partial charge in [0.05, 0.1) is 25.3 Å². The van der Waals surface area contributed by atoms with Gasteiger partial charge in [0.25, 0.3) is 0 Å². The molecule has 0 amide bonds. The lowest BCUT2D eigenvalue weighted by atomic mass is 10.1. The number of nitrogens with one attached hydrogen (secondary N) is 1. The molecule has 2 aromatic rings. The molecule has 4 nitrogen and oxygen atoms in total. The van der Waals surface area contributed by atoms with Crippen LogP contribution in [0.25, 0.3) is 0 Å². The SMILES string of the molecule is COC(=O)CC(NCc1cccc(Br)n1)c1cccs1. The molecule has 20 heavy (non-hydrogen) atoms. The van der Waals surface area contributed by atoms with Crippen molar-refractivity contribution in [2.75, 3.05) is 7.11 Å². The number of pyridine rings is 1. The van der Waals surface area contributed by atoms with E-state index >= 15 is 0 Å². The van der Waals surface area contributed by atoms with Crippen LogP contribution in [0, 0.1) is 0 Å². The van der Waals surface area contributed by atoms with E-state index in [0.29, 0.717) is 13.0 Å². The summed E-state index contributed by atoms with van der Waals surface area (Å²) in [6, 6.07) is 9.70. The topological polar surface area (TPSA) is 51.2 Å².